The number of fused-ring (bicyclic) bond motifs is 2. The molecule has 0 fully saturated rings. The van der Waals surface area contributed by atoms with Gasteiger partial charge in [0.2, 0.25) is 0 Å². The molecule has 106 valence electrons. The SMILES string of the molecule is COc1ccc(-c2cnc3n2CCNC3)c2ccccc12. The van der Waals surface area contributed by atoms with Gasteiger partial charge in [0.05, 0.1) is 25.5 Å². The lowest BCUT2D eigenvalue weighted by Crippen LogP contribution is -2.28. The minimum absolute atomic E-state index is 0.841. The first kappa shape index (κ1) is 12.4. The quantitative estimate of drug-likeness (QED) is 0.784. The third-order valence-electron chi connectivity index (χ3n) is 4.11. The van der Waals surface area contributed by atoms with E-state index < -0.39 is 0 Å². The maximum absolute atomic E-state index is 5.48. The fourth-order valence-corrected chi connectivity index (χ4v) is 3.08. The van der Waals surface area contributed by atoms with E-state index >= 15 is 0 Å². The molecule has 0 radical (unpaired) electrons. The Balaban J connectivity index is 1.97. The summed E-state index contributed by atoms with van der Waals surface area (Å²) in [5, 5.41) is 5.71. The molecular weight excluding hydrogens is 262 g/mol. The first-order valence-electron chi connectivity index (χ1n) is 7.19. The van der Waals surface area contributed by atoms with Gasteiger partial charge in [0.25, 0.3) is 0 Å². The third-order valence-corrected chi connectivity index (χ3v) is 4.11. The summed E-state index contributed by atoms with van der Waals surface area (Å²) in [7, 11) is 1.72. The number of rotatable bonds is 2. The van der Waals surface area contributed by atoms with E-state index in [4.69, 9.17) is 4.74 Å². The van der Waals surface area contributed by atoms with Crippen LogP contribution in [-0.4, -0.2) is 23.2 Å². The van der Waals surface area contributed by atoms with Crippen LogP contribution in [0.15, 0.2) is 42.6 Å². The molecule has 0 saturated heterocycles. The highest BCUT2D eigenvalue weighted by molar-refractivity contribution is 5.99. The van der Waals surface area contributed by atoms with Crippen molar-refractivity contribution >= 4 is 10.8 Å². The number of aromatic nitrogens is 2. The van der Waals surface area contributed by atoms with E-state index in [1.165, 1.54) is 16.6 Å². The van der Waals surface area contributed by atoms with Crippen LogP contribution in [0.25, 0.3) is 22.0 Å². The molecule has 4 rings (SSSR count). The molecule has 0 aliphatic carbocycles. The molecule has 0 atom stereocenters. The molecular formula is C17H17N3O. The summed E-state index contributed by atoms with van der Waals surface area (Å²) in [5.74, 6) is 2.02. The number of nitrogens with zero attached hydrogens (tertiary/aromatic N) is 2. The fraction of sp³-hybridized carbons (Fsp3) is 0.235. The average molecular weight is 279 g/mol. The summed E-state index contributed by atoms with van der Waals surface area (Å²) in [6.07, 6.45) is 1.98. The van der Waals surface area contributed by atoms with Crippen molar-refractivity contribution in [3.63, 3.8) is 0 Å². The van der Waals surface area contributed by atoms with Crippen LogP contribution >= 0.6 is 0 Å². The van der Waals surface area contributed by atoms with Gasteiger partial charge >= 0.3 is 0 Å². The second kappa shape index (κ2) is 4.90. The lowest BCUT2D eigenvalue weighted by Gasteiger charge is -2.18. The van der Waals surface area contributed by atoms with E-state index in [1.807, 2.05) is 18.3 Å². The van der Waals surface area contributed by atoms with E-state index in [1.54, 1.807) is 7.11 Å². The average Bonchev–Trinajstić information content (AvgIpc) is 2.98. The topological polar surface area (TPSA) is 39.1 Å². The summed E-state index contributed by atoms with van der Waals surface area (Å²) in [5.41, 5.74) is 2.40. The Kier molecular flexibility index (Phi) is 2.89. The van der Waals surface area contributed by atoms with Gasteiger partial charge in [0, 0.05) is 24.0 Å². The van der Waals surface area contributed by atoms with Gasteiger partial charge in [-0.25, -0.2) is 4.98 Å². The van der Waals surface area contributed by atoms with Crippen molar-refractivity contribution in [2.45, 2.75) is 13.1 Å². The maximum Gasteiger partial charge on any atom is 0.126 e. The molecule has 1 N–H and O–H groups in total. The van der Waals surface area contributed by atoms with Crippen LogP contribution in [0.4, 0.5) is 0 Å². The minimum atomic E-state index is 0.841. The smallest absolute Gasteiger partial charge is 0.126 e. The molecule has 4 nitrogen and oxygen atoms in total. The number of ether oxygens (including phenoxy) is 1. The van der Waals surface area contributed by atoms with Gasteiger partial charge in [-0.05, 0) is 17.5 Å². The van der Waals surface area contributed by atoms with Gasteiger partial charge in [-0.1, -0.05) is 24.3 Å². The molecule has 1 aliphatic rings. The summed E-state index contributed by atoms with van der Waals surface area (Å²) < 4.78 is 7.79. The summed E-state index contributed by atoms with van der Waals surface area (Å²) in [6, 6.07) is 12.5. The number of imidazole rings is 1. The maximum atomic E-state index is 5.48. The highest BCUT2D eigenvalue weighted by Crippen LogP contribution is 2.34. The number of hydrogen-bond donors (Lipinski definition) is 1. The predicted octanol–water partition coefficient (Wildman–Crippen LogP) is 2.82. The Morgan fingerprint density at radius 3 is 2.86 bits per heavy atom. The predicted molar refractivity (Wildman–Crippen MR) is 83.4 cm³/mol. The van der Waals surface area contributed by atoms with Crippen LogP contribution in [0.5, 0.6) is 5.75 Å². The first-order chi connectivity index (χ1) is 10.4. The van der Waals surface area contributed by atoms with E-state index in [2.05, 4.69) is 39.1 Å². The fourth-order valence-electron chi connectivity index (χ4n) is 3.08. The molecule has 3 aromatic rings. The number of methoxy groups -OCH3 is 1. The second-order valence-electron chi connectivity index (χ2n) is 5.25. The molecule has 2 aromatic carbocycles. The van der Waals surface area contributed by atoms with E-state index in [9.17, 15) is 0 Å². The lowest BCUT2D eigenvalue weighted by atomic mass is 10.0. The standard InChI is InChI=1S/C17H17N3O/c1-21-16-7-6-13(12-4-2-3-5-14(12)16)15-10-19-17-11-18-8-9-20(15)17/h2-7,10,18H,8-9,11H2,1H3. The molecule has 0 bridgehead atoms. The number of benzene rings is 2. The molecule has 4 heteroatoms. The van der Waals surface area contributed by atoms with Gasteiger partial charge in [0.1, 0.15) is 11.6 Å². The van der Waals surface area contributed by atoms with Crippen molar-refractivity contribution in [3.05, 3.63) is 48.4 Å². The highest BCUT2D eigenvalue weighted by Gasteiger charge is 2.17. The third kappa shape index (κ3) is 1.91. The molecule has 2 heterocycles. The monoisotopic (exact) mass is 279 g/mol. The molecule has 0 spiro atoms. The van der Waals surface area contributed by atoms with Crippen LogP contribution in [0.2, 0.25) is 0 Å². The van der Waals surface area contributed by atoms with Crippen molar-refractivity contribution in [1.29, 1.82) is 0 Å². The molecule has 1 aliphatic heterocycles. The van der Waals surface area contributed by atoms with Gasteiger partial charge in [-0.2, -0.15) is 0 Å². The summed E-state index contributed by atoms with van der Waals surface area (Å²) in [6.45, 7) is 2.80. The van der Waals surface area contributed by atoms with Crippen molar-refractivity contribution in [3.8, 4) is 17.0 Å². The van der Waals surface area contributed by atoms with Crippen LogP contribution in [-0.2, 0) is 13.1 Å². The van der Waals surface area contributed by atoms with Crippen LogP contribution in [0.1, 0.15) is 5.82 Å². The Morgan fingerprint density at radius 1 is 1.14 bits per heavy atom. The molecule has 0 amide bonds. The molecule has 0 unspecified atom stereocenters. The van der Waals surface area contributed by atoms with Gasteiger partial charge in [-0.3, -0.25) is 0 Å². The minimum Gasteiger partial charge on any atom is -0.496 e. The van der Waals surface area contributed by atoms with Crippen molar-refractivity contribution in [1.82, 2.24) is 14.9 Å². The van der Waals surface area contributed by atoms with E-state index in [-0.39, 0.29) is 0 Å². The Labute approximate surface area is 123 Å². The zero-order valence-electron chi connectivity index (χ0n) is 12.0. The summed E-state index contributed by atoms with van der Waals surface area (Å²) in [4.78, 5) is 4.55. The molecule has 0 saturated carbocycles. The number of hydrogen-bond acceptors (Lipinski definition) is 3. The summed E-state index contributed by atoms with van der Waals surface area (Å²) >= 11 is 0. The van der Waals surface area contributed by atoms with Crippen LogP contribution < -0.4 is 10.1 Å². The Morgan fingerprint density at radius 2 is 2.00 bits per heavy atom. The second-order valence-corrected chi connectivity index (χ2v) is 5.25. The lowest BCUT2D eigenvalue weighted by molar-refractivity contribution is 0.420. The van der Waals surface area contributed by atoms with Crippen LogP contribution in [0.3, 0.4) is 0 Å². The normalized spacial score (nSPS) is 14.1. The Hall–Kier alpha value is -2.33. The van der Waals surface area contributed by atoms with Crippen molar-refractivity contribution in [2.75, 3.05) is 13.7 Å². The van der Waals surface area contributed by atoms with Crippen LogP contribution in [0, 0.1) is 0 Å². The Bertz CT molecular complexity index is 807. The highest BCUT2D eigenvalue weighted by atomic mass is 16.5. The van der Waals surface area contributed by atoms with Crippen molar-refractivity contribution in [2.24, 2.45) is 0 Å². The van der Waals surface area contributed by atoms with Gasteiger partial charge < -0.3 is 14.6 Å². The van der Waals surface area contributed by atoms with Crippen molar-refractivity contribution < 1.29 is 4.74 Å². The van der Waals surface area contributed by atoms with E-state index in [0.717, 1.165) is 36.6 Å². The van der Waals surface area contributed by atoms with E-state index in [0.29, 0.717) is 0 Å². The zero-order chi connectivity index (χ0) is 14.2. The zero-order valence-corrected chi connectivity index (χ0v) is 12.0. The largest absolute Gasteiger partial charge is 0.496 e. The van der Waals surface area contributed by atoms with Gasteiger partial charge in [-0.15, -0.1) is 0 Å². The molecule has 1 aromatic heterocycles. The first-order valence-corrected chi connectivity index (χ1v) is 7.19. The van der Waals surface area contributed by atoms with Gasteiger partial charge in [0.15, 0.2) is 0 Å². The number of nitrogens with one attached hydrogen (secondary N) is 1. The molecule has 21 heavy (non-hydrogen) atoms.